The minimum Gasteiger partial charge on any atom is -0.497 e. The number of amides is 1. The number of hydrogen-bond acceptors (Lipinski definition) is 3. The predicted octanol–water partition coefficient (Wildman–Crippen LogP) is 3.32. The number of rotatable bonds is 3. The van der Waals surface area contributed by atoms with Crippen LogP contribution in [0.3, 0.4) is 0 Å². The van der Waals surface area contributed by atoms with Gasteiger partial charge in [0.2, 0.25) is 0 Å². The third-order valence-corrected chi connectivity index (χ3v) is 4.48. The minimum absolute atomic E-state index is 0.0136. The molecule has 1 amide bonds. The summed E-state index contributed by atoms with van der Waals surface area (Å²) < 4.78 is 33.0. The van der Waals surface area contributed by atoms with Crippen LogP contribution in [0, 0.1) is 11.6 Å². The fraction of sp³-hybridized carbons (Fsp3) is 0.316. The minimum atomic E-state index is -0.826. The summed E-state index contributed by atoms with van der Waals surface area (Å²) in [7, 11) is 1.61. The molecular formula is C19H20F2N2O2. The molecule has 0 aliphatic carbocycles. The number of anilines is 1. The Balaban J connectivity index is 1.76. The van der Waals surface area contributed by atoms with Gasteiger partial charge in [0, 0.05) is 37.4 Å². The molecule has 25 heavy (non-hydrogen) atoms. The van der Waals surface area contributed by atoms with Crippen LogP contribution in [0.15, 0.2) is 42.5 Å². The van der Waals surface area contributed by atoms with E-state index in [0.717, 1.165) is 23.6 Å². The number of nitrogens with zero attached hydrogens (tertiary/aromatic N) is 2. The molecule has 2 aromatic rings. The standard InChI is InChI=1S/C19H20F2N2O2/c1-13-12-22(19(24)18-16(20)7-4-8-17(18)21)9-10-23(13)14-5-3-6-15(11-14)25-2/h3-8,11,13H,9-10,12H2,1-2H3/t13-/m1/s1. The quantitative estimate of drug-likeness (QED) is 0.855. The predicted molar refractivity (Wildman–Crippen MR) is 92.1 cm³/mol. The van der Waals surface area contributed by atoms with Crippen molar-refractivity contribution >= 4 is 11.6 Å². The zero-order valence-corrected chi connectivity index (χ0v) is 14.2. The van der Waals surface area contributed by atoms with E-state index in [1.807, 2.05) is 31.2 Å². The SMILES string of the molecule is COc1cccc(N2CCN(C(=O)c3c(F)cccc3F)C[C@H]2C)c1. The van der Waals surface area contributed by atoms with E-state index in [9.17, 15) is 13.6 Å². The lowest BCUT2D eigenvalue weighted by atomic mass is 10.1. The molecule has 0 unspecified atom stereocenters. The third-order valence-electron chi connectivity index (χ3n) is 4.48. The van der Waals surface area contributed by atoms with Crippen molar-refractivity contribution in [1.82, 2.24) is 4.90 Å². The highest BCUT2D eigenvalue weighted by atomic mass is 19.1. The fourth-order valence-electron chi connectivity index (χ4n) is 3.18. The van der Waals surface area contributed by atoms with Crippen molar-refractivity contribution < 1.29 is 18.3 Å². The molecule has 4 nitrogen and oxygen atoms in total. The Morgan fingerprint density at radius 1 is 1.12 bits per heavy atom. The van der Waals surface area contributed by atoms with Gasteiger partial charge in [-0.15, -0.1) is 0 Å². The molecule has 0 radical (unpaired) electrons. The number of benzene rings is 2. The summed E-state index contributed by atoms with van der Waals surface area (Å²) >= 11 is 0. The Labute approximate surface area is 145 Å². The van der Waals surface area contributed by atoms with Crippen LogP contribution < -0.4 is 9.64 Å². The number of halogens is 2. The van der Waals surface area contributed by atoms with Gasteiger partial charge in [0.15, 0.2) is 0 Å². The maximum absolute atomic E-state index is 13.9. The van der Waals surface area contributed by atoms with E-state index in [1.54, 1.807) is 7.11 Å². The van der Waals surface area contributed by atoms with Crippen LogP contribution in [0.5, 0.6) is 5.75 Å². The van der Waals surface area contributed by atoms with Gasteiger partial charge in [-0.2, -0.15) is 0 Å². The molecule has 0 N–H and O–H groups in total. The lowest BCUT2D eigenvalue weighted by Crippen LogP contribution is -2.54. The van der Waals surface area contributed by atoms with E-state index in [-0.39, 0.29) is 6.04 Å². The smallest absolute Gasteiger partial charge is 0.259 e. The maximum Gasteiger partial charge on any atom is 0.259 e. The third kappa shape index (κ3) is 3.43. The lowest BCUT2D eigenvalue weighted by molar-refractivity contribution is 0.0716. The van der Waals surface area contributed by atoms with Crippen molar-refractivity contribution in [3.8, 4) is 5.75 Å². The summed E-state index contributed by atoms with van der Waals surface area (Å²) in [6, 6.07) is 11.2. The van der Waals surface area contributed by atoms with E-state index in [2.05, 4.69) is 4.90 Å². The van der Waals surface area contributed by atoms with Gasteiger partial charge in [0.1, 0.15) is 22.9 Å². The molecule has 1 heterocycles. The zero-order valence-electron chi connectivity index (χ0n) is 14.2. The van der Waals surface area contributed by atoms with Gasteiger partial charge in [-0.05, 0) is 31.2 Å². The van der Waals surface area contributed by atoms with Crippen molar-refractivity contribution in [3.05, 3.63) is 59.7 Å². The Morgan fingerprint density at radius 3 is 2.44 bits per heavy atom. The summed E-state index contributed by atoms with van der Waals surface area (Å²) in [6.07, 6.45) is 0. The van der Waals surface area contributed by atoms with E-state index < -0.39 is 23.1 Å². The molecular weight excluding hydrogens is 326 g/mol. The highest BCUT2D eigenvalue weighted by Crippen LogP contribution is 2.26. The van der Waals surface area contributed by atoms with Crippen LogP contribution >= 0.6 is 0 Å². The summed E-state index contributed by atoms with van der Waals surface area (Å²) in [5.74, 6) is -1.50. The number of carbonyl (C=O) groups is 1. The van der Waals surface area contributed by atoms with Crippen molar-refractivity contribution in [1.29, 1.82) is 0 Å². The van der Waals surface area contributed by atoms with Crippen LogP contribution in [0.25, 0.3) is 0 Å². The number of methoxy groups -OCH3 is 1. The first-order valence-corrected chi connectivity index (χ1v) is 8.15. The molecule has 0 spiro atoms. The van der Waals surface area contributed by atoms with Crippen LogP contribution in [0.2, 0.25) is 0 Å². The molecule has 1 atom stereocenters. The molecule has 1 fully saturated rings. The van der Waals surface area contributed by atoms with Gasteiger partial charge < -0.3 is 14.5 Å². The van der Waals surface area contributed by atoms with Crippen LogP contribution in [0.4, 0.5) is 14.5 Å². The zero-order chi connectivity index (χ0) is 18.0. The number of ether oxygens (including phenoxy) is 1. The van der Waals surface area contributed by atoms with Crippen molar-refractivity contribution in [3.63, 3.8) is 0 Å². The monoisotopic (exact) mass is 346 g/mol. The van der Waals surface area contributed by atoms with Gasteiger partial charge in [0.25, 0.3) is 5.91 Å². The van der Waals surface area contributed by atoms with E-state index in [4.69, 9.17) is 4.74 Å². The highest BCUT2D eigenvalue weighted by molar-refractivity contribution is 5.95. The van der Waals surface area contributed by atoms with E-state index in [1.165, 1.54) is 11.0 Å². The molecule has 0 saturated carbocycles. The summed E-state index contributed by atoms with van der Waals surface area (Å²) in [5.41, 5.74) is 0.514. The van der Waals surface area contributed by atoms with Crippen molar-refractivity contribution in [2.24, 2.45) is 0 Å². The summed E-state index contributed by atoms with van der Waals surface area (Å²) in [4.78, 5) is 16.2. The molecule has 2 aromatic carbocycles. The Morgan fingerprint density at radius 2 is 1.80 bits per heavy atom. The Kier molecular flexibility index (Phi) is 4.88. The van der Waals surface area contributed by atoms with Crippen molar-refractivity contribution in [2.75, 3.05) is 31.6 Å². The van der Waals surface area contributed by atoms with Crippen LogP contribution in [-0.4, -0.2) is 43.6 Å². The van der Waals surface area contributed by atoms with Crippen LogP contribution in [-0.2, 0) is 0 Å². The van der Waals surface area contributed by atoms with Gasteiger partial charge in [-0.3, -0.25) is 4.79 Å². The summed E-state index contributed by atoms with van der Waals surface area (Å²) in [5, 5.41) is 0. The molecule has 0 aromatic heterocycles. The van der Waals surface area contributed by atoms with Gasteiger partial charge in [-0.1, -0.05) is 12.1 Å². The second-order valence-electron chi connectivity index (χ2n) is 6.09. The average molecular weight is 346 g/mol. The molecule has 1 aliphatic rings. The van der Waals surface area contributed by atoms with Gasteiger partial charge in [0.05, 0.1) is 7.11 Å². The van der Waals surface area contributed by atoms with Crippen molar-refractivity contribution in [2.45, 2.75) is 13.0 Å². The van der Waals surface area contributed by atoms with E-state index in [0.29, 0.717) is 19.6 Å². The largest absolute Gasteiger partial charge is 0.497 e. The first-order chi connectivity index (χ1) is 12.0. The molecule has 3 rings (SSSR count). The normalized spacial score (nSPS) is 17.5. The number of hydrogen-bond donors (Lipinski definition) is 0. The van der Waals surface area contributed by atoms with Gasteiger partial charge in [-0.25, -0.2) is 8.78 Å². The Bertz CT molecular complexity index is 762. The highest BCUT2D eigenvalue weighted by Gasteiger charge is 2.30. The maximum atomic E-state index is 13.9. The number of piperazine rings is 1. The lowest BCUT2D eigenvalue weighted by Gasteiger charge is -2.41. The second-order valence-corrected chi connectivity index (χ2v) is 6.09. The molecule has 132 valence electrons. The first kappa shape index (κ1) is 17.2. The van der Waals surface area contributed by atoms with Crippen LogP contribution in [0.1, 0.15) is 17.3 Å². The first-order valence-electron chi connectivity index (χ1n) is 8.15. The topological polar surface area (TPSA) is 32.8 Å². The second kappa shape index (κ2) is 7.09. The molecule has 1 saturated heterocycles. The summed E-state index contributed by atoms with van der Waals surface area (Å²) in [6.45, 7) is 3.35. The molecule has 6 heteroatoms. The van der Waals surface area contributed by atoms with E-state index >= 15 is 0 Å². The molecule has 1 aliphatic heterocycles. The fourth-order valence-corrected chi connectivity index (χ4v) is 3.18. The number of carbonyl (C=O) groups excluding carboxylic acids is 1. The molecule has 0 bridgehead atoms. The van der Waals surface area contributed by atoms with Gasteiger partial charge >= 0.3 is 0 Å². The average Bonchev–Trinajstić information content (AvgIpc) is 2.61. The Hall–Kier alpha value is -2.63.